The first-order chi connectivity index (χ1) is 69.7. The summed E-state index contributed by atoms with van der Waals surface area (Å²) in [5.41, 5.74) is 41.4. The van der Waals surface area contributed by atoms with Gasteiger partial charge in [0.1, 0.15) is 0 Å². The topological polar surface area (TPSA) is 103 Å². The summed E-state index contributed by atoms with van der Waals surface area (Å²) >= 11 is 0. The maximum absolute atomic E-state index is 4.69. The van der Waals surface area contributed by atoms with E-state index in [1.54, 1.807) is 6.20 Å². The molecule has 22 aromatic rings. The van der Waals surface area contributed by atoms with Gasteiger partial charge in [-0.3, -0.25) is 0 Å². The van der Waals surface area contributed by atoms with Gasteiger partial charge < -0.3 is 39.9 Å². The molecule has 0 N–H and O–H groups in total. The van der Waals surface area contributed by atoms with Crippen LogP contribution in [-0.2, 0) is 127 Å². The quantitative estimate of drug-likeness (QED) is 0.0935. The summed E-state index contributed by atoms with van der Waals surface area (Å²) in [6.07, 6.45) is 12.5. The van der Waals surface area contributed by atoms with Gasteiger partial charge in [0, 0.05) is 191 Å². The molecular formula is C134H108Ir6N8-8. The monoisotopic (exact) mass is 2990 g/mol. The predicted molar refractivity (Wildman–Crippen MR) is 588 cm³/mol. The minimum atomic E-state index is 0. The molecule has 0 fully saturated rings. The van der Waals surface area contributed by atoms with E-state index in [4.69, 9.17) is 0 Å². The van der Waals surface area contributed by atoms with Crippen molar-refractivity contribution >= 4 is 0 Å². The molecule has 0 aliphatic heterocycles. The number of hydrogen-bond acceptors (Lipinski definition) is 8. The molecule has 14 heteroatoms. The van der Waals surface area contributed by atoms with E-state index in [0.29, 0.717) is 0 Å². The number of aromatic nitrogens is 8. The van der Waals surface area contributed by atoms with Gasteiger partial charge in [-0.1, -0.05) is 262 Å². The molecule has 0 unspecified atom stereocenters. The van der Waals surface area contributed by atoms with Gasteiger partial charge in [0.05, 0.1) is 0 Å². The Labute approximate surface area is 955 Å². The summed E-state index contributed by atoms with van der Waals surface area (Å²) in [5.74, 6) is 0. The molecule has 14 aromatic carbocycles. The molecule has 148 heavy (non-hydrogen) atoms. The smallest absolute Gasteiger partial charge is 0.0344 e. The van der Waals surface area contributed by atoms with Crippen molar-refractivity contribution in [2.75, 3.05) is 0 Å². The molecule has 0 atom stereocenters. The van der Waals surface area contributed by atoms with Crippen LogP contribution >= 0.6 is 0 Å². The molecule has 0 aliphatic carbocycles. The largest absolute Gasteiger partial charge is 0.305 e. The molecule has 0 amide bonds. The third kappa shape index (κ3) is 34.7. The van der Waals surface area contributed by atoms with E-state index in [9.17, 15) is 0 Å². The summed E-state index contributed by atoms with van der Waals surface area (Å²) in [6.45, 7) is 18.9. The summed E-state index contributed by atoms with van der Waals surface area (Å²) in [6, 6.07) is 174. The number of aryl methyl sites for hydroxylation is 9. The van der Waals surface area contributed by atoms with Crippen LogP contribution in [0.1, 0.15) is 57.3 Å². The van der Waals surface area contributed by atoms with Crippen LogP contribution in [0.4, 0.5) is 0 Å². The van der Waals surface area contributed by atoms with Crippen LogP contribution in [0.15, 0.2) is 480 Å². The second-order valence-corrected chi connectivity index (χ2v) is 33.7. The third-order valence-corrected chi connectivity index (χ3v) is 23.4. The Morgan fingerprint density at radius 3 is 0.905 bits per heavy atom. The van der Waals surface area contributed by atoms with Crippen molar-refractivity contribution in [1.29, 1.82) is 0 Å². The molecular weight excluding hydrogens is 2870 g/mol. The van der Waals surface area contributed by atoms with Crippen molar-refractivity contribution in [2.24, 2.45) is 0 Å². The fourth-order valence-corrected chi connectivity index (χ4v) is 15.9. The number of benzene rings is 14. The number of hydrogen-bond donors (Lipinski definition) is 0. The molecule has 0 saturated heterocycles. The van der Waals surface area contributed by atoms with E-state index in [0.717, 1.165) is 119 Å². The summed E-state index contributed by atoms with van der Waals surface area (Å²) in [4.78, 5) is 36.2. The SMILES string of the molecule is CCc1cc(-c2[c-]cccc2)ncc1-c1ccccc1.Cc1cc(-c2[c-]cccc2)ncc1-c1ccccc1.Cc1cc[c-]c(-c2cc(C)c(-c3cccc(C)c3)cn2)c1.Cc1cccc(-c2[c-]cccc2)n1.Cc1ccccc1-c1ccc(-c2[c-]cccc2)nc1.Cc1ccccc1-c1ccc(-c2[c-]cccc2)nc1.Cc1nc(-c2[c-]cccc2)ccc1-c1ccccc1.[Ir].[Ir].[Ir].[Ir].[Ir].[Ir].[c-]1ccccc1-c1ccccn1. The van der Waals surface area contributed by atoms with Crippen molar-refractivity contribution < 1.29 is 121 Å². The van der Waals surface area contributed by atoms with E-state index >= 15 is 0 Å². The third-order valence-electron chi connectivity index (χ3n) is 23.4. The predicted octanol–water partition coefficient (Wildman–Crippen LogP) is 33.4. The summed E-state index contributed by atoms with van der Waals surface area (Å²) in [5, 5.41) is 0. The number of nitrogens with zero attached hydrogens (tertiary/aromatic N) is 8. The molecule has 6 radical (unpaired) electrons. The minimum absolute atomic E-state index is 0. The van der Waals surface area contributed by atoms with Crippen LogP contribution < -0.4 is 0 Å². The van der Waals surface area contributed by atoms with Gasteiger partial charge in [-0.25, -0.2) is 0 Å². The zero-order valence-electron chi connectivity index (χ0n) is 83.4. The van der Waals surface area contributed by atoms with E-state index < -0.39 is 0 Å². The maximum atomic E-state index is 4.69. The van der Waals surface area contributed by atoms with Crippen LogP contribution in [0, 0.1) is 104 Å². The molecule has 0 aliphatic rings. The zero-order valence-corrected chi connectivity index (χ0v) is 97.8. The van der Waals surface area contributed by atoms with Gasteiger partial charge in [-0.2, -0.15) is 0 Å². The Kier molecular flexibility index (Phi) is 49.6. The van der Waals surface area contributed by atoms with Gasteiger partial charge >= 0.3 is 0 Å². The maximum Gasteiger partial charge on any atom is 0.0344 e. The normalized spacial score (nSPS) is 9.90. The van der Waals surface area contributed by atoms with Gasteiger partial charge in [0.2, 0.25) is 0 Å². The minimum Gasteiger partial charge on any atom is -0.305 e. The first-order valence-corrected chi connectivity index (χ1v) is 47.5. The second-order valence-electron chi connectivity index (χ2n) is 33.7. The zero-order chi connectivity index (χ0) is 98.2. The molecule has 8 heterocycles. The molecule has 746 valence electrons. The Morgan fingerprint density at radius 2 is 0.520 bits per heavy atom. The van der Waals surface area contributed by atoms with Crippen LogP contribution in [0.2, 0.25) is 0 Å². The van der Waals surface area contributed by atoms with Crippen LogP contribution in [0.25, 0.3) is 157 Å². The van der Waals surface area contributed by atoms with Gasteiger partial charge in [0.25, 0.3) is 0 Å². The number of pyridine rings is 8. The fraction of sp³-hybridized carbons (Fsp3) is 0.0746. The first-order valence-electron chi connectivity index (χ1n) is 47.5. The van der Waals surface area contributed by atoms with Crippen molar-refractivity contribution in [1.82, 2.24) is 39.9 Å². The molecule has 8 nitrogen and oxygen atoms in total. The molecule has 0 bridgehead atoms. The first kappa shape index (κ1) is 118. The Balaban J connectivity index is 0.000000188. The van der Waals surface area contributed by atoms with E-state index in [1.807, 2.05) is 305 Å². The van der Waals surface area contributed by atoms with E-state index in [2.05, 4.69) is 320 Å². The van der Waals surface area contributed by atoms with Crippen molar-refractivity contribution in [3.8, 4) is 157 Å². The molecule has 0 spiro atoms. The van der Waals surface area contributed by atoms with Crippen LogP contribution in [0.5, 0.6) is 0 Å². The van der Waals surface area contributed by atoms with Crippen molar-refractivity contribution in [3.05, 3.63) is 579 Å². The summed E-state index contributed by atoms with van der Waals surface area (Å²) < 4.78 is 0. The Hall–Kier alpha value is -13.8. The standard InChI is InChI=1S/C20H18N.C19H16N.4C18H14N.C12H10N.C11H8N.6Ir/c1-14-6-4-8-17(10-14)19-13-21-20(12-16(19)3)18-9-5-7-15(2)11-18;1-2-15-13-19(17-11-7-4-8-12-17)20-14-18(15)16-9-5-3-6-10-16;1-14-12-18(16-10-6-3-7-11-16)19-13-17(14)15-8-4-2-5-9-15;1-14-17(15-8-4-2-5-9-15)12-13-18(19-14)16-10-6-3-7-11-16;2*1-14-7-5-6-10-17(14)16-11-12-18(19-13-16)15-8-3-2-4-9-15;1-10-6-5-9-12(13-10)11-7-3-2-4-8-11;1-2-6-10(7-3-1)11-8-4-5-9-12-11;;;;;;/h4-8,10-13H,1-3H3;3-11,13-14H,2H2,1H3;2*2-10,12-13H,1H3;2*2-8,10-13H,1H3;2-7,9H,1H3;1-6,8-9H;;;;;;/q8*-1;;;;;;. The molecule has 22 rings (SSSR count). The average molecular weight is 2980 g/mol. The fourth-order valence-electron chi connectivity index (χ4n) is 15.9. The van der Waals surface area contributed by atoms with Crippen molar-refractivity contribution in [2.45, 2.75) is 68.7 Å². The van der Waals surface area contributed by atoms with Gasteiger partial charge in [-0.15, -0.1) is 287 Å². The molecule has 8 aromatic heterocycles. The van der Waals surface area contributed by atoms with Gasteiger partial charge in [0.15, 0.2) is 0 Å². The Bertz CT molecular complexity index is 7370. The van der Waals surface area contributed by atoms with Gasteiger partial charge in [-0.05, 0) is 185 Å². The van der Waals surface area contributed by atoms with E-state index in [1.165, 1.54) is 94.6 Å². The average Bonchev–Trinajstić information content (AvgIpc) is 0.821. The Morgan fingerprint density at radius 1 is 0.189 bits per heavy atom. The molecule has 0 saturated carbocycles. The van der Waals surface area contributed by atoms with Crippen molar-refractivity contribution in [3.63, 3.8) is 0 Å². The second kappa shape index (κ2) is 62.3. The van der Waals surface area contributed by atoms with Crippen LogP contribution in [-0.4, -0.2) is 39.9 Å². The van der Waals surface area contributed by atoms with Crippen LogP contribution in [0.3, 0.4) is 0 Å². The summed E-state index contributed by atoms with van der Waals surface area (Å²) in [7, 11) is 0. The van der Waals surface area contributed by atoms with E-state index in [-0.39, 0.29) is 121 Å². The number of rotatable bonds is 15.